The van der Waals surface area contributed by atoms with Gasteiger partial charge in [-0.15, -0.1) is 0 Å². The van der Waals surface area contributed by atoms with Crippen molar-refractivity contribution in [1.82, 2.24) is 19.7 Å². The predicted molar refractivity (Wildman–Crippen MR) is 52.4 cm³/mol. The molecule has 0 fully saturated rings. The largest absolute Gasteiger partial charge is 0.365 e. The minimum Gasteiger partial charge on any atom is -0.365 e. The first-order valence-electron chi connectivity index (χ1n) is 4.30. The van der Waals surface area contributed by atoms with Crippen LogP contribution in [0.4, 0.5) is 0 Å². The molecule has 0 saturated carbocycles. The van der Waals surface area contributed by atoms with E-state index in [1.54, 1.807) is 19.2 Å². The predicted octanol–water partition coefficient (Wildman–Crippen LogP) is 0.0696. The van der Waals surface area contributed by atoms with E-state index in [1.807, 2.05) is 0 Å². The molecule has 0 atom stereocenters. The van der Waals surface area contributed by atoms with Gasteiger partial charge in [-0.05, 0) is 18.6 Å². The first kappa shape index (κ1) is 9.32. The number of amides is 1. The van der Waals surface area contributed by atoms with Gasteiger partial charge in [0.15, 0.2) is 5.82 Å². The summed E-state index contributed by atoms with van der Waals surface area (Å²) in [5.74, 6) is -0.119. The van der Waals surface area contributed by atoms with E-state index in [9.17, 15) is 4.79 Å². The highest BCUT2D eigenvalue weighted by Crippen LogP contribution is 2.13. The zero-order valence-electron chi connectivity index (χ0n) is 8.08. The Bertz CT molecular complexity index is 491. The van der Waals surface area contributed by atoms with E-state index < -0.39 is 5.91 Å². The molecule has 0 unspecified atom stereocenters. The molecule has 2 rings (SSSR count). The van der Waals surface area contributed by atoms with Gasteiger partial charge >= 0.3 is 0 Å². The number of rotatable bonds is 2. The van der Waals surface area contributed by atoms with Crippen molar-refractivity contribution >= 4 is 5.91 Å². The van der Waals surface area contributed by atoms with E-state index >= 15 is 0 Å². The van der Waals surface area contributed by atoms with Crippen LogP contribution in [0.1, 0.15) is 15.9 Å². The van der Waals surface area contributed by atoms with Crippen LogP contribution in [0.3, 0.4) is 0 Å². The minimum absolute atomic E-state index is 0.364. The Balaban J connectivity index is 2.66. The summed E-state index contributed by atoms with van der Waals surface area (Å²) in [4.78, 5) is 19.1. The van der Waals surface area contributed by atoms with Crippen LogP contribution >= 0.6 is 0 Å². The summed E-state index contributed by atoms with van der Waals surface area (Å²) in [6.07, 6.45) is 4.43. The third-order valence-corrected chi connectivity index (χ3v) is 2.02. The van der Waals surface area contributed by atoms with E-state index in [1.165, 1.54) is 17.3 Å². The highest BCUT2D eigenvalue weighted by molar-refractivity contribution is 5.97. The van der Waals surface area contributed by atoms with Crippen molar-refractivity contribution in [3.8, 4) is 5.82 Å². The average Bonchev–Trinajstić information content (AvgIpc) is 2.69. The van der Waals surface area contributed by atoms with Crippen LogP contribution in [0, 0.1) is 6.92 Å². The highest BCUT2D eigenvalue weighted by atomic mass is 16.1. The molecule has 15 heavy (non-hydrogen) atoms. The lowest BCUT2D eigenvalue weighted by atomic mass is 10.1. The van der Waals surface area contributed by atoms with Gasteiger partial charge in [-0.3, -0.25) is 4.79 Å². The van der Waals surface area contributed by atoms with Crippen LogP contribution in [0.25, 0.3) is 5.82 Å². The number of primary amides is 1. The van der Waals surface area contributed by atoms with E-state index in [-0.39, 0.29) is 0 Å². The zero-order chi connectivity index (χ0) is 10.8. The molecule has 2 heterocycles. The van der Waals surface area contributed by atoms with Crippen molar-refractivity contribution in [2.45, 2.75) is 6.92 Å². The number of pyridine rings is 1. The molecule has 2 aromatic heterocycles. The lowest BCUT2D eigenvalue weighted by Crippen LogP contribution is -2.17. The standard InChI is InChI=1S/C9H9N5O/c1-6-2-3-12-9(7(6)8(10)15)14-5-11-4-13-14/h2-5H,1H3,(H2,10,15). The quantitative estimate of drug-likeness (QED) is 0.748. The monoisotopic (exact) mass is 203 g/mol. The SMILES string of the molecule is Cc1ccnc(-n2cncn2)c1C(N)=O. The Labute approximate surface area is 85.8 Å². The molecular formula is C9H9N5O. The Kier molecular flexibility index (Phi) is 2.17. The second kappa shape index (κ2) is 3.49. The normalized spacial score (nSPS) is 10.2. The minimum atomic E-state index is -0.522. The number of aromatic nitrogens is 4. The molecule has 0 aliphatic rings. The second-order valence-corrected chi connectivity index (χ2v) is 3.03. The maximum Gasteiger partial charge on any atom is 0.252 e. The van der Waals surface area contributed by atoms with Crippen LogP contribution in [0.15, 0.2) is 24.9 Å². The number of aryl methyl sites for hydroxylation is 1. The summed E-state index contributed by atoms with van der Waals surface area (Å²) in [5.41, 5.74) is 6.41. The molecule has 0 spiro atoms. The van der Waals surface area contributed by atoms with Gasteiger partial charge in [-0.25, -0.2) is 14.6 Å². The third kappa shape index (κ3) is 1.56. The zero-order valence-corrected chi connectivity index (χ0v) is 8.08. The van der Waals surface area contributed by atoms with Crippen molar-refractivity contribution in [2.75, 3.05) is 0 Å². The Morgan fingerprint density at radius 3 is 2.93 bits per heavy atom. The molecule has 0 bridgehead atoms. The summed E-state index contributed by atoms with van der Waals surface area (Å²) < 4.78 is 1.41. The van der Waals surface area contributed by atoms with Crippen molar-refractivity contribution in [2.24, 2.45) is 5.73 Å². The molecule has 0 radical (unpaired) electrons. The molecule has 6 heteroatoms. The lowest BCUT2D eigenvalue weighted by molar-refractivity contribution is 0.0999. The number of hydrogen-bond acceptors (Lipinski definition) is 4. The van der Waals surface area contributed by atoms with Gasteiger partial charge in [-0.1, -0.05) is 0 Å². The smallest absolute Gasteiger partial charge is 0.252 e. The summed E-state index contributed by atoms with van der Waals surface area (Å²) in [5, 5.41) is 3.91. The average molecular weight is 203 g/mol. The van der Waals surface area contributed by atoms with Gasteiger partial charge in [0.1, 0.15) is 12.7 Å². The van der Waals surface area contributed by atoms with Crippen LogP contribution in [0.5, 0.6) is 0 Å². The second-order valence-electron chi connectivity index (χ2n) is 3.03. The van der Waals surface area contributed by atoms with Crippen molar-refractivity contribution in [1.29, 1.82) is 0 Å². The van der Waals surface area contributed by atoms with Gasteiger partial charge in [0.05, 0.1) is 5.56 Å². The van der Waals surface area contributed by atoms with Gasteiger partial charge in [-0.2, -0.15) is 5.10 Å². The Morgan fingerprint density at radius 2 is 2.33 bits per heavy atom. The van der Waals surface area contributed by atoms with Crippen LogP contribution in [-0.2, 0) is 0 Å². The van der Waals surface area contributed by atoms with Crippen molar-refractivity contribution < 1.29 is 4.79 Å². The van der Waals surface area contributed by atoms with E-state index in [0.717, 1.165) is 5.56 Å². The Morgan fingerprint density at radius 1 is 1.53 bits per heavy atom. The molecule has 0 saturated heterocycles. The molecular weight excluding hydrogens is 194 g/mol. The third-order valence-electron chi connectivity index (χ3n) is 2.02. The fraction of sp³-hybridized carbons (Fsp3) is 0.111. The molecule has 0 aliphatic carbocycles. The lowest BCUT2D eigenvalue weighted by Gasteiger charge is -2.06. The van der Waals surface area contributed by atoms with Crippen molar-refractivity contribution in [3.63, 3.8) is 0 Å². The molecule has 1 amide bonds. The molecule has 2 aromatic rings. The summed E-state index contributed by atoms with van der Waals surface area (Å²) >= 11 is 0. The molecule has 6 nitrogen and oxygen atoms in total. The van der Waals surface area contributed by atoms with E-state index in [4.69, 9.17) is 5.73 Å². The molecule has 76 valence electrons. The van der Waals surface area contributed by atoms with Crippen LogP contribution < -0.4 is 5.73 Å². The van der Waals surface area contributed by atoms with E-state index in [2.05, 4.69) is 15.1 Å². The number of nitrogens with zero attached hydrogens (tertiary/aromatic N) is 4. The fourth-order valence-corrected chi connectivity index (χ4v) is 1.34. The van der Waals surface area contributed by atoms with Crippen molar-refractivity contribution in [3.05, 3.63) is 36.0 Å². The number of hydrogen-bond donors (Lipinski definition) is 1. The van der Waals surface area contributed by atoms with Gasteiger partial charge in [0.2, 0.25) is 0 Å². The molecule has 2 N–H and O–H groups in total. The molecule has 0 aromatic carbocycles. The first-order chi connectivity index (χ1) is 7.20. The highest BCUT2D eigenvalue weighted by Gasteiger charge is 2.14. The number of carbonyl (C=O) groups excluding carboxylic acids is 1. The van der Waals surface area contributed by atoms with Crippen LogP contribution in [0.2, 0.25) is 0 Å². The fourth-order valence-electron chi connectivity index (χ4n) is 1.34. The summed E-state index contributed by atoms with van der Waals surface area (Å²) in [7, 11) is 0. The van der Waals surface area contributed by atoms with Crippen LogP contribution in [-0.4, -0.2) is 25.7 Å². The Hall–Kier alpha value is -2.24. The number of carbonyl (C=O) groups is 1. The van der Waals surface area contributed by atoms with Gasteiger partial charge < -0.3 is 5.73 Å². The number of nitrogens with two attached hydrogens (primary N) is 1. The maximum atomic E-state index is 11.3. The topological polar surface area (TPSA) is 86.7 Å². The van der Waals surface area contributed by atoms with Gasteiger partial charge in [0, 0.05) is 6.20 Å². The van der Waals surface area contributed by atoms with E-state index in [0.29, 0.717) is 11.4 Å². The first-order valence-corrected chi connectivity index (χ1v) is 4.30. The van der Waals surface area contributed by atoms with Gasteiger partial charge in [0.25, 0.3) is 5.91 Å². The summed E-state index contributed by atoms with van der Waals surface area (Å²) in [6, 6.07) is 1.72. The maximum absolute atomic E-state index is 11.3. The molecule has 0 aliphatic heterocycles. The summed E-state index contributed by atoms with van der Waals surface area (Å²) in [6.45, 7) is 1.79.